The van der Waals surface area contributed by atoms with Gasteiger partial charge in [0.2, 0.25) is 0 Å². The molecule has 0 aliphatic heterocycles. The molecule has 0 N–H and O–H groups in total. The van der Waals surface area contributed by atoms with E-state index < -0.39 is 0 Å². The zero-order valence-electron chi connectivity index (χ0n) is 7.96. The first-order valence-corrected chi connectivity index (χ1v) is 3.78. The summed E-state index contributed by atoms with van der Waals surface area (Å²) < 4.78 is 0. The molecule has 0 spiro atoms. The van der Waals surface area contributed by atoms with Crippen molar-refractivity contribution in [1.82, 2.24) is 0 Å². The van der Waals surface area contributed by atoms with E-state index in [-0.39, 0.29) is 0 Å². The number of nitriles is 1. The molecule has 0 aliphatic rings. The van der Waals surface area contributed by atoms with Gasteiger partial charge < -0.3 is 0 Å². The Hall–Kier alpha value is -1.47. The molecule has 0 fully saturated rings. The van der Waals surface area contributed by atoms with Crippen LogP contribution in [0.15, 0.2) is 23.3 Å². The predicted octanol–water partition coefficient (Wildman–Crippen LogP) is 3.06. The lowest BCUT2D eigenvalue weighted by molar-refractivity contribution is 1.10. The Kier molecular flexibility index (Phi) is 10.4. The van der Waals surface area contributed by atoms with Gasteiger partial charge in [0, 0.05) is 5.57 Å². The van der Waals surface area contributed by atoms with Crippen LogP contribution in [-0.4, -0.2) is 0 Å². The number of terminal acetylenes is 1. The van der Waals surface area contributed by atoms with Crippen molar-refractivity contribution in [2.75, 3.05) is 0 Å². The molecule has 12 heavy (non-hydrogen) atoms. The molecule has 64 valence electrons. The lowest BCUT2D eigenvalue weighted by Crippen LogP contribution is -1.70. The van der Waals surface area contributed by atoms with E-state index in [0.29, 0.717) is 0 Å². The molecule has 0 aromatic heterocycles. The highest BCUT2D eigenvalue weighted by molar-refractivity contribution is 5.24. The number of allylic oxidation sites excluding steroid dienone is 4. The lowest BCUT2D eigenvalue weighted by atomic mass is 10.2. The third-order valence-electron chi connectivity index (χ3n) is 1.35. The Morgan fingerprint density at radius 1 is 1.33 bits per heavy atom. The summed E-state index contributed by atoms with van der Waals surface area (Å²) >= 11 is 0. The Bertz CT molecular complexity index is 223. The third-order valence-corrected chi connectivity index (χ3v) is 1.35. The predicted molar refractivity (Wildman–Crippen MR) is 53.3 cm³/mol. The maximum atomic E-state index is 8.37. The second kappa shape index (κ2) is 9.53. The second-order valence-corrected chi connectivity index (χ2v) is 2.33. The van der Waals surface area contributed by atoms with E-state index in [2.05, 4.69) is 32.8 Å². The summed E-state index contributed by atoms with van der Waals surface area (Å²) in [5.41, 5.74) is 2.06. The zero-order valence-corrected chi connectivity index (χ0v) is 7.96. The normalized spacial score (nSPS) is 11.0. The fourth-order valence-corrected chi connectivity index (χ4v) is 0.422. The SMILES string of the molecule is C#C.CC/C(C)=C\C=C(/C)C#N. The summed E-state index contributed by atoms with van der Waals surface area (Å²) in [6.45, 7) is 5.96. The number of hydrogen-bond donors (Lipinski definition) is 0. The molecule has 0 aliphatic carbocycles. The topological polar surface area (TPSA) is 23.8 Å². The van der Waals surface area contributed by atoms with Gasteiger partial charge in [-0.25, -0.2) is 0 Å². The van der Waals surface area contributed by atoms with Crippen molar-refractivity contribution in [3.8, 4) is 18.9 Å². The number of rotatable bonds is 2. The molecule has 0 bridgehead atoms. The van der Waals surface area contributed by atoms with Gasteiger partial charge in [0.1, 0.15) is 0 Å². The van der Waals surface area contributed by atoms with Crippen molar-refractivity contribution in [1.29, 1.82) is 5.26 Å². The first-order chi connectivity index (χ1) is 5.70. The average Bonchev–Trinajstić information content (AvgIpc) is 2.16. The molecule has 0 atom stereocenters. The van der Waals surface area contributed by atoms with E-state index >= 15 is 0 Å². The molecule has 0 saturated heterocycles. The zero-order chi connectivity index (χ0) is 9.98. The maximum absolute atomic E-state index is 8.37. The van der Waals surface area contributed by atoms with Gasteiger partial charge in [0.15, 0.2) is 0 Å². The van der Waals surface area contributed by atoms with Crippen LogP contribution in [0, 0.1) is 24.2 Å². The van der Waals surface area contributed by atoms with Crippen LogP contribution in [0.2, 0.25) is 0 Å². The summed E-state index contributed by atoms with van der Waals surface area (Å²) in [4.78, 5) is 0. The molecule has 0 heterocycles. The minimum Gasteiger partial charge on any atom is -0.193 e. The standard InChI is InChI=1S/C9H13N.C2H2/c1-4-8(2)5-6-9(3)7-10;1-2/h5-6H,4H2,1-3H3;1-2H/b8-5-,9-6+;. The van der Waals surface area contributed by atoms with Crippen LogP contribution in [0.1, 0.15) is 27.2 Å². The average molecular weight is 161 g/mol. The molecular formula is C11H15N. The molecular weight excluding hydrogens is 146 g/mol. The van der Waals surface area contributed by atoms with Crippen LogP contribution >= 0.6 is 0 Å². The van der Waals surface area contributed by atoms with E-state index in [0.717, 1.165) is 12.0 Å². The minimum absolute atomic E-state index is 0.757. The molecule has 0 rings (SSSR count). The van der Waals surface area contributed by atoms with E-state index in [9.17, 15) is 0 Å². The highest BCUT2D eigenvalue weighted by atomic mass is 14.2. The second-order valence-electron chi connectivity index (χ2n) is 2.33. The molecule has 0 amide bonds. The molecule has 0 unspecified atom stereocenters. The molecule has 0 radical (unpaired) electrons. The summed E-state index contributed by atoms with van der Waals surface area (Å²) in [5, 5.41) is 8.37. The van der Waals surface area contributed by atoms with Crippen molar-refractivity contribution in [3.63, 3.8) is 0 Å². The fraction of sp³-hybridized carbons (Fsp3) is 0.364. The van der Waals surface area contributed by atoms with E-state index in [1.165, 1.54) is 5.57 Å². The molecule has 1 nitrogen and oxygen atoms in total. The van der Waals surface area contributed by atoms with E-state index in [1.54, 1.807) is 6.92 Å². The molecule has 0 aromatic rings. The number of hydrogen-bond acceptors (Lipinski definition) is 1. The van der Waals surface area contributed by atoms with Gasteiger partial charge in [-0.15, -0.1) is 12.8 Å². The van der Waals surface area contributed by atoms with E-state index in [1.807, 2.05) is 12.2 Å². The Labute approximate surface area is 75.4 Å². The van der Waals surface area contributed by atoms with E-state index in [4.69, 9.17) is 5.26 Å². The Morgan fingerprint density at radius 2 is 1.83 bits per heavy atom. The van der Waals surface area contributed by atoms with Crippen LogP contribution < -0.4 is 0 Å². The van der Waals surface area contributed by atoms with Gasteiger partial charge in [-0.3, -0.25) is 0 Å². The quantitative estimate of drug-likeness (QED) is 0.347. The van der Waals surface area contributed by atoms with Gasteiger partial charge in [0.25, 0.3) is 0 Å². The fourth-order valence-electron chi connectivity index (χ4n) is 0.422. The van der Waals surface area contributed by atoms with Crippen molar-refractivity contribution in [2.24, 2.45) is 0 Å². The van der Waals surface area contributed by atoms with Gasteiger partial charge in [-0.05, 0) is 26.3 Å². The van der Waals surface area contributed by atoms with Crippen molar-refractivity contribution in [2.45, 2.75) is 27.2 Å². The first kappa shape index (κ1) is 13.1. The lowest BCUT2D eigenvalue weighted by Gasteiger charge is -1.88. The first-order valence-electron chi connectivity index (χ1n) is 3.78. The van der Waals surface area contributed by atoms with Crippen LogP contribution in [0.4, 0.5) is 0 Å². The van der Waals surface area contributed by atoms with Crippen molar-refractivity contribution in [3.05, 3.63) is 23.3 Å². The van der Waals surface area contributed by atoms with Crippen LogP contribution in [0.25, 0.3) is 0 Å². The van der Waals surface area contributed by atoms with Gasteiger partial charge in [-0.2, -0.15) is 5.26 Å². The molecule has 0 aromatic carbocycles. The number of nitrogens with zero attached hydrogens (tertiary/aromatic N) is 1. The van der Waals surface area contributed by atoms with Gasteiger partial charge in [0.05, 0.1) is 6.07 Å². The van der Waals surface area contributed by atoms with Crippen LogP contribution in [0.5, 0.6) is 0 Å². The minimum atomic E-state index is 0.757. The molecule has 0 saturated carbocycles. The summed E-state index contributed by atoms with van der Waals surface area (Å²) in [7, 11) is 0. The Morgan fingerprint density at radius 3 is 2.17 bits per heavy atom. The summed E-state index contributed by atoms with van der Waals surface area (Å²) in [6, 6.07) is 2.06. The highest BCUT2D eigenvalue weighted by Gasteiger charge is 1.81. The van der Waals surface area contributed by atoms with Gasteiger partial charge in [-0.1, -0.05) is 18.6 Å². The Balaban J connectivity index is 0. The summed E-state index contributed by atoms with van der Waals surface area (Å²) in [6.07, 6.45) is 12.9. The van der Waals surface area contributed by atoms with Crippen molar-refractivity contribution >= 4 is 0 Å². The third kappa shape index (κ3) is 8.53. The van der Waals surface area contributed by atoms with Crippen LogP contribution in [-0.2, 0) is 0 Å². The maximum Gasteiger partial charge on any atom is 0.0944 e. The largest absolute Gasteiger partial charge is 0.193 e. The van der Waals surface area contributed by atoms with Gasteiger partial charge >= 0.3 is 0 Å². The van der Waals surface area contributed by atoms with Crippen LogP contribution in [0.3, 0.4) is 0 Å². The van der Waals surface area contributed by atoms with Crippen molar-refractivity contribution < 1.29 is 0 Å². The summed E-state index contributed by atoms with van der Waals surface area (Å²) in [5.74, 6) is 0. The molecule has 1 heteroatoms. The monoisotopic (exact) mass is 161 g/mol. The highest BCUT2D eigenvalue weighted by Crippen LogP contribution is 1.99. The smallest absolute Gasteiger partial charge is 0.0944 e.